The molecule has 1 aromatic heterocycles. The highest BCUT2D eigenvalue weighted by atomic mass is 16.3. The number of aromatic hydroxyl groups is 2. The number of benzene rings is 2. The second-order valence-electron chi connectivity index (χ2n) is 9.41. The number of amides is 2. The molecule has 1 saturated heterocycles. The van der Waals surface area contributed by atoms with Gasteiger partial charge in [-0.2, -0.15) is 0 Å². The van der Waals surface area contributed by atoms with Gasteiger partial charge in [0.15, 0.2) is 5.82 Å². The monoisotopic (exact) mass is 490 g/mol. The minimum absolute atomic E-state index is 0.0116. The zero-order valence-corrected chi connectivity index (χ0v) is 20.9. The van der Waals surface area contributed by atoms with Gasteiger partial charge in [-0.25, -0.2) is 0 Å². The van der Waals surface area contributed by atoms with E-state index in [2.05, 4.69) is 22.4 Å². The van der Waals surface area contributed by atoms with Gasteiger partial charge in [-0.1, -0.05) is 20.8 Å². The van der Waals surface area contributed by atoms with E-state index in [1.54, 1.807) is 41.8 Å². The van der Waals surface area contributed by atoms with Crippen molar-refractivity contribution in [2.75, 3.05) is 19.6 Å². The third-order valence-corrected chi connectivity index (χ3v) is 6.49. The van der Waals surface area contributed by atoms with Gasteiger partial charge in [-0.3, -0.25) is 14.2 Å². The number of likely N-dealkylation sites (tertiary alicyclic amines) is 1. The lowest BCUT2D eigenvalue weighted by molar-refractivity contribution is 0.0704. The van der Waals surface area contributed by atoms with E-state index in [9.17, 15) is 19.8 Å². The highest BCUT2D eigenvalue weighted by Gasteiger charge is 2.25. The lowest BCUT2D eigenvalue weighted by Gasteiger charge is -2.30. The quantitative estimate of drug-likeness (QED) is 0.482. The molecule has 0 spiro atoms. The molecule has 1 aliphatic rings. The second-order valence-corrected chi connectivity index (χ2v) is 9.41. The third-order valence-electron chi connectivity index (χ3n) is 6.49. The lowest BCUT2D eigenvalue weighted by atomic mass is 9.98. The normalized spacial score (nSPS) is 14.3. The van der Waals surface area contributed by atoms with E-state index >= 15 is 0 Å². The molecule has 0 saturated carbocycles. The Morgan fingerprint density at radius 1 is 1.08 bits per heavy atom. The average Bonchev–Trinajstić information content (AvgIpc) is 3.29. The number of carbonyl (C=O) groups excluding carboxylic acids is 2. The number of hydrogen-bond donors (Lipinski definition) is 3. The molecule has 4 rings (SSSR count). The van der Waals surface area contributed by atoms with Gasteiger partial charge in [0.05, 0.1) is 5.56 Å². The first-order valence-electron chi connectivity index (χ1n) is 12.2. The summed E-state index contributed by atoms with van der Waals surface area (Å²) in [6.45, 7) is 11.5. The summed E-state index contributed by atoms with van der Waals surface area (Å²) in [5, 5.41) is 32.0. The van der Waals surface area contributed by atoms with E-state index < -0.39 is 5.91 Å². The van der Waals surface area contributed by atoms with Gasteiger partial charge >= 0.3 is 0 Å². The van der Waals surface area contributed by atoms with Gasteiger partial charge in [0.25, 0.3) is 11.8 Å². The largest absolute Gasteiger partial charge is 0.508 e. The van der Waals surface area contributed by atoms with Crippen LogP contribution < -0.4 is 5.32 Å². The minimum Gasteiger partial charge on any atom is -0.508 e. The first-order valence-corrected chi connectivity index (χ1v) is 12.2. The van der Waals surface area contributed by atoms with Crippen molar-refractivity contribution in [1.29, 1.82) is 0 Å². The number of hydrogen-bond acceptors (Lipinski definition) is 6. The molecule has 2 heterocycles. The molecule has 2 amide bonds. The summed E-state index contributed by atoms with van der Waals surface area (Å²) in [4.78, 5) is 27.6. The Balaban J connectivity index is 1.77. The molecule has 36 heavy (non-hydrogen) atoms. The van der Waals surface area contributed by atoms with Crippen molar-refractivity contribution in [2.24, 2.45) is 5.92 Å². The molecule has 9 heteroatoms. The van der Waals surface area contributed by atoms with Crippen molar-refractivity contribution in [3.63, 3.8) is 0 Å². The maximum absolute atomic E-state index is 13.0. The summed E-state index contributed by atoms with van der Waals surface area (Å²) in [5.74, 6) is -0.0185. The minimum atomic E-state index is -0.421. The number of piperidine rings is 1. The molecule has 9 nitrogen and oxygen atoms in total. The third kappa shape index (κ3) is 4.91. The Morgan fingerprint density at radius 2 is 1.75 bits per heavy atom. The van der Waals surface area contributed by atoms with Gasteiger partial charge in [0.1, 0.15) is 11.5 Å². The van der Waals surface area contributed by atoms with Gasteiger partial charge in [0.2, 0.25) is 5.82 Å². The van der Waals surface area contributed by atoms with Crippen LogP contribution in [0.25, 0.3) is 17.1 Å². The fourth-order valence-corrected chi connectivity index (χ4v) is 4.40. The highest BCUT2D eigenvalue weighted by Crippen LogP contribution is 2.38. The Hall–Kier alpha value is -3.88. The first-order chi connectivity index (χ1) is 17.2. The highest BCUT2D eigenvalue weighted by molar-refractivity contribution is 5.95. The summed E-state index contributed by atoms with van der Waals surface area (Å²) in [6.07, 6.45) is 1.77. The lowest BCUT2D eigenvalue weighted by Crippen LogP contribution is -2.37. The van der Waals surface area contributed by atoms with Crippen molar-refractivity contribution in [1.82, 2.24) is 25.0 Å². The van der Waals surface area contributed by atoms with Crippen LogP contribution >= 0.6 is 0 Å². The van der Waals surface area contributed by atoms with Crippen LogP contribution in [-0.4, -0.2) is 61.3 Å². The van der Waals surface area contributed by atoms with Crippen LogP contribution in [0.3, 0.4) is 0 Å². The van der Waals surface area contributed by atoms with Crippen LogP contribution in [0.4, 0.5) is 0 Å². The number of rotatable bonds is 6. The molecule has 0 aliphatic carbocycles. The Kier molecular flexibility index (Phi) is 7.28. The maximum atomic E-state index is 13.0. The molecule has 3 N–H and O–H groups in total. The van der Waals surface area contributed by atoms with Gasteiger partial charge in [-0.15, -0.1) is 10.2 Å². The number of phenols is 2. The van der Waals surface area contributed by atoms with Crippen LogP contribution in [0, 0.1) is 12.8 Å². The number of aromatic nitrogens is 3. The number of phenolic OH excluding ortho intramolecular Hbond substituents is 2. The van der Waals surface area contributed by atoms with E-state index in [-0.39, 0.29) is 35.0 Å². The average molecular weight is 491 g/mol. The smallest absolute Gasteiger partial charge is 0.289 e. The number of nitrogens with zero attached hydrogens (tertiary/aromatic N) is 4. The van der Waals surface area contributed by atoms with Gasteiger partial charge < -0.3 is 20.4 Å². The van der Waals surface area contributed by atoms with Crippen LogP contribution in [0.1, 0.15) is 66.1 Å². The zero-order chi connectivity index (χ0) is 26.0. The summed E-state index contributed by atoms with van der Waals surface area (Å²) in [5.41, 5.74) is 2.06. The number of carbonyl (C=O) groups is 2. The van der Waals surface area contributed by atoms with E-state index in [0.29, 0.717) is 47.9 Å². The van der Waals surface area contributed by atoms with Gasteiger partial charge in [-0.05, 0) is 67.5 Å². The fourth-order valence-electron chi connectivity index (χ4n) is 4.40. The standard InChI is InChI=1S/C27H32N5O4/c1-5-28-26(35)25-30-29-24(21-14-20(16(2)3)22(33)15-23(21)34)32(25)19-8-6-18(7-9-19)27(36)31-12-10-17(4)11-13-31/h6-9,14-17,33-34H,4-5,10-13H2,1-3H3,(H,28,35). The molecular weight excluding hydrogens is 458 g/mol. The van der Waals surface area contributed by atoms with Crippen LogP contribution in [-0.2, 0) is 0 Å². The summed E-state index contributed by atoms with van der Waals surface area (Å²) in [7, 11) is 0. The van der Waals surface area contributed by atoms with Crippen molar-refractivity contribution < 1.29 is 19.8 Å². The van der Waals surface area contributed by atoms with Crippen molar-refractivity contribution in [2.45, 2.75) is 39.5 Å². The molecule has 189 valence electrons. The van der Waals surface area contributed by atoms with Crippen molar-refractivity contribution >= 4 is 11.8 Å². The Morgan fingerprint density at radius 3 is 2.36 bits per heavy atom. The van der Waals surface area contributed by atoms with E-state index in [1.165, 1.54) is 6.07 Å². The van der Waals surface area contributed by atoms with E-state index in [1.807, 2.05) is 18.7 Å². The maximum Gasteiger partial charge on any atom is 0.289 e. The Labute approximate surface area is 210 Å². The van der Waals surface area contributed by atoms with E-state index in [4.69, 9.17) is 0 Å². The molecule has 0 atom stereocenters. The van der Waals surface area contributed by atoms with Crippen LogP contribution in [0.15, 0.2) is 36.4 Å². The predicted molar refractivity (Wildman–Crippen MR) is 136 cm³/mol. The summed E-state index contributed by atoms with van der Waals surface area (Å²) < 4.78 is 1.55. The topological polar surface area (TPSA) is 121 Å². The Bertz CT molecular complexity index is 1260. The molecule has 0 unspecified atom stereocenters. The molecular formula is C27H32N5O4. The molecule has 0 bridgehead atoms. The zero-order valence-electron chi connectivity index (χ0n) is 20.9. The van der Waals surface area contributed by atoms with Crippen molar-refractivity contribution in [3.05, 3.63) is 60.3 Å². The number of nitrogens with one attached hydrogen (secondary N) is 1. The molecule has 1 aliphatic heterocycles. The SMILES string of the molecule is [CH2]C1CCN(C(=O)c2ccc(-n3c(C(=O)NCC)nnc3-c3cc(C(C)C)c(O)cc3O)cc2)CC1. The van der Waals surface area contributed by atoms with Crippen LogP contribution in [0.2, 0.25) is 0 Å². The second kappa shape index (κ2) is 10.4. The summed E-state index contributed by atoms with van der Waals surface area (Å²) in [6, 6.07) is 9.83. The predicted octanol–water partition coefficient (Wildman–Crippen LogP) is 3.90. The van der Waals surface area contributed by atoms with E-state index in [0.717, 1.165) is 12.8 Å². The first kappa shape index (κ1) is 25.2. The molecule has 2 aromatic carbocycles. The molecule has 1 radical (unpaired) electrons. The fraction of sp³-hybridized carbons (Fsp3) is 0.370. The molecule has 1 fully saturated rings. The van der Waals surface area contributed by atoms with Crippen LogP contribution in [0.5, 0.6) is 11.5 Å². The molecule has 3 aromatic rings. The van der Waals surface area contributed by atoms with Crippen molar-refractivity contribution in [3.8, 4) is 28.6 Å². The summed E-state index contributed by atoms with van der Waals surface area (Å²) >= 11 is 0. The van der Waals surface area contributed by atoms with Gasteiger partial charge in [0, 0.05) is 37.0 Å².